The smallest absolute Gasteiger partial charge is 0.0513 e. The molecular formula is C17H30BrN3. The fourth-order valence-corrected chi connectivity index (χ4v) is 3.22. The summed E-state index contributed by atoms with van der Waals surface area (Å²) in [6, 6.07) is 7.68. The van der Waals surface area contributed by atoms with Crippen molar-refractivity contribution in [3.05, 3.63) is 28.2 Å². The van der Waals surface area contributed by atoms with Crippen LogP contribution in [0.4, 0.5) is 5.69 Å². The monoisotopic (exact) mass is 355 g/mol. The maximum atomic E-state index is 3.75. The van der Waals surface area contributed by atoms with Gasteiger partial charge < -0.3 is 15.1 Å². The maximum Gasteiger partial charge on any atom is 0.0513 e. The molecule has 1 N–H and O–H groups in total. The Kier molecular flexibility index (Phi) is 7.71. The molecule has 1 rings (SSSR count). The summed E-state index contributed by atoms with van der Waals surface area (Å²) in [6.07, 6.45) is 0. The van der Waals surface area contributed by atoms with E-state index in [4.69, 9.17) is 0 Å². The largest absolute Gasteiger partial charge is 0.367 e. The van der Waals surface area contributed by atoms with E-state index in [9.17, 15) is 0 Å². The molecule has 4 heteroatoms. The molecule has 0 radical (unpaired) electrons. The van der Waals surface area contributed by atoms with Crippen molar-refractivity contribution in [1.29, 1.82) is 0 Å². The second-order valence-electron chi connectivity index (χ2n) is 6.22. The van der Waals surface area contributed by atoms with Crippen LogP contribution in [0.2, 0.25) is 0 Å². The second kappa shape index (κ2) is 8.76. The number of hydrogen-bond donors (Lipinski definition) is 1. The molecule has 1 aromatic rings. The number of nitrogens with one attached hydrogen (secondary N) is 1. The Bertz CT molecular complexity index is 432. The van der Waals surface area contributed by atoms with Crippen LogP contribution in [0.5, 0.6) is 0 Å². The van der Waals surface area contributed by atoms with E-state index >= 15 is 0 Å². The Morgan fingerprint density at radius 2 is 1.86 bits per heavy atom. The molecule has 1 unspecified atom stereocenters. The van der Waals surface area contributed by atoms with Crippen molar-refractivity contribution in [2.45, 2.75) is 46.3 Å². The van der Waals surface area contributed by atoms with Crippen molar-refractivity contribution in [3.63, 3.8) is 0 Å². The minimum absolute atomic E-state index is 0.487. The zero-order valence-electron chi connectivity index (χ0n) is 14.3. The van der Waals surface area contributed by atoms with Gasteiger partial charge in [-0.1, -0.05) is 19.9 Å². The van der Waals surface area contributed by atoms with Gasteiger partial charge in [0.05, 0.1) is 5.69 Å². The number of rotatable bonds is 8. The van der Waals surface area contributed by atoms with Crippen LogP contribution in [0.25, 0.3) is 0 Å². The third kappa shape index (κ3) is 5.97. The summed E-state index contributed by atoms with van der Waals surface area (Å²) < 4.78 is 1.18. The molecule has 0 fully saturated rings. The highest BCUT2D eigenvalue weighted by Gasteiger charge is 2.16. The summed E-state index contributed by atoms with van der Waals surface area (Å²) in [4.78, 5) is 4.69. The molecule has 0 heterocycles. The summed E-state index contributed by atoms with van der Waals surface area (Å²) in [5.74, 6) is 0. The fourth-order valence-electron chi connectivity index (χ4n) is 2.56. The maximum absolute atomic E-state index is 3.75. The molecule has 3 nitrogen and oxygen atoms in total. The minimum atomic E-state index is 0.487. The lowest BCUT2D eigenvalue weighted by Crippen LogP contribution is -2.40. The normalized spacial score (nSPS) is 13.0. The predicted octanol–water partition coefficient (Wildman–Crippen LogP) is 3.72. The van der Waals surface area contributed by atoms with Gasteiger partial charge >= 0.3 is 0 Å². The van der Waals surface area contributed by atoms with Crippen LogP contribution in [-0.2, 0) is 6.54 Å². The number of anilines is 1. The lowest BCUT2D eigenvalue weighted by atomic mass is 10.1. The van der Waals surface area contributed by atoms with Crippen LogP contribution in [0.1, 0.15) is 33.3 Å². The minimum Gasteiger partial charge on any atom is -0.367 e. The van der Waals surface area contributed by atoms with E-state index in [0.717, 1.165) is 19.6 Å². The van der Waals surface area contributed by atoms with Crippen molar-refractivity contribution in [1.82, 2.24) is 10.2 Å². The van der Waals surface area contributed by atoms with Crippen molar-refractivity contribution < 1.29 is 0 Å². The van der Waals surface area contributed by atoms with E-state index in [-0.39, 0.29) is 0 Å². The first-order chi connectivity index (χ1) is 9.85. The Hall–Kier alpha value is -0.580. The second-order valence-corrected chi connectivity index (χ2v) is 7.07. The SMILES string of the molecule is CCN(c1ccc(CNC(C)C)cc1Br)C(C)CN(C)C. The first kappa shape index (κ1) is 18.5. The zero-order chi connectivity index (χ0) is 16.0. The molecule has 0 aliphatic carbocycles. The van der Waals surface area contributed by atoms with Crippen molar-refractivity contribution >= 4 is 21.6 Å². The lowest BCUT2D eigenvalue weighted by Gasteiger charge is -2.33. The highest BCUT2D eigenvalue weighted by atomic mass is 79.9. The van der Waals surface area contributed by atoms with Crippen LogP contribution >= 0.6 is 15.9 Å². The van der Waals surface area contributed by atoms with E-state index in [0.29, 0.717) is 12.1 Å². The molecule has 0 aliphatic heterocycles. The quantitative estimate of drug-likeness (QED) is 0.766. The molecule has 0 aliphatic rings. The molecule has 1 aromatic carbocycles. The molecule has 0 saturated carbocycles. The standard InChI is InChI=1S/C17H30BrN3/c1-7-21(14(4)12-20(5)6)17-9-8-15(10-16(17)18)11-19-13(2)3/h8-10,13-14,19H,7,11-12H2,1-6H3. The average molecular weight is 356 g/mol. The molecule has 0 aromatic heterocycles. The van der Waals surface area contributed by atoms with E-state index in [2.05, 4.69) is 91.0 Å². The van der Waals surface area contributed by atoms with Gasteiger partial charge in [-0.3, -0.25) is 0 Å². The molecule has 0 saturated heterocycles. The highest BCUT2D eigenvalue weighted by Crippen LogP contribution is 2.29. The number of likely N-dealkylation sites (N-methyl/N-ethyl adjacent to an activating group) is 2. The van der Waals surface area contributed by atoms with Gasteiger partial charge in [0.2, 0.25) is 0 Å². The fraction of sp³-hybridized carbons (Fsp3) is 0.647. The van der Waals surface area contributed by atoms with E-state index in [1.165, 1.54) is 15.7 Å². The van der Waals surface area contributed by atoms with Crippen molar-refractivity contribution in [3.8, 4) is 0 Å². The topological polar surface area (TPSA) is 18.5 Å². The average Bonchev–Trinajstić information content (AvgIpc) is 2.38. The third-order valence-electron chi connectivity index (χ3n) is 3.54. The van der Waals surface area contributed by atoms with Crippen LogP contribution < -0.4 is 10.2 Å². The predicted molar refractivity (Wildman–Crippen MR) is 97.2 cm³/mol. The van der Waals surface area contributed by atoms with Crippen molar-refractivity contribution in [2.24, 2.45) is 0 Å². The van der Waals surface area contributed by atoms with Gasteiger partial charge in [0.1, 0.15) is 0 Å². The molecule has 0 spiro atoms. The van der Waals surface area contributed by atoms with Gasteiger partial charge in [-0.2, -0.15) is 0 Å². The van der Waals surface area contributed by atoms with E-state index < -0.39 is 0 Å². The summed E-state index contributed by atoms with van der Waals surface area (Å²) in [7, 11) is 4.25. The number of hydrogen-bond acceptors (Lipinski definition) is 3. The van der Waals surface area contributed by atoms with Gasteiger partial charge in [-0.05, 0) is 61.6 Å². The first-order valence-corrected chi connectivity index (χ1v) is 8.57. The summed E-state index contributed by atoms with van der Waals surface area (Å²) >= 11 is 3.75. The van der Waals surface area contributed by atoms with E-state index in [1.54, 1.807) is 0 Å². The number of halogens is 1. The molecule has 0 amide bonds. The zero-order valence-corrected chi connectivity index (χ0v) is 15.9. The van der Waals surface area contributed by atoms with Crippen LogP contribution in [0, 0.1) is 0 Å². The van der Waals surface area contributed by atoms with Gasteiger partial charge in [0.15, 0.2) is 0 Å². The Morgan fingerprint density at radius 3 is 2.33 bits per heavy atom. The van der Waals surface area contributed by atoms with Crippen LogP contribution in [0.3, 0.4) is 0 Å². The summed E-state index contributed by atoms with van der Waals surface area (Å²) in [5, 5.41) is 3.46. The van der Waals surface area contributed by atoms with Gasteiger partial charge in [0.25, 0.3) is 0 Å². The number of benzene rings is 1. The van der Waals surface area contributed by atoms with E-state index in [1.807, 2.05) is 0 Å². The summed E-state index contributed by atoms with van der Waals surface area (Å²) in [5.41, 5.74) is 2.59. The van der Waals surface area contributed by atoms with Crippen LogP contribution in [0.15, 0.2) is 22.7 Å². The lowest BCUT2D eigenvalue weighted by molar-refractivity contribution is 0.373. The summed E-state index contributed by atoms with van der Waals surface area (Å²) in [6.45, 7) is 11.8. The molecular weight excluding hydrogens is 326 g/mol. The first-order valence-electron chi connectivity index (χ1n) is 7.78. The van der Waals surface area contributed by atoms with Gasteiger partial charge in [0, 0.05) is 36.2 Å². The molecule has 0 bridgehead atoms. The molecule has 120 valence electrons. The van der Waals surface area contributed by atoms with Crippen LogP contribution in [-0.4, -0.2) is 44.2 Å². The Balaban J connectivity index is 2.85. The third-order valence-corrected chi connectivity index (χ3v) is 4.17. The molecule has 1 atom stereocenters. The van der Waals surface area contributed by atoms with Gasteiger partial charge in [-0.15, -0.1) is 0 Å². The number of nitrogens with zero attached hydrogens (tertiary/aromatic N) is 2. The van der Waals surface area contributed by atoms with Gasteiger partial charge in [-0.25, -0.2) is 0 Å². The Labute approximate surface area is 138 Å². The highest BCUT2D eigenvalue weighted by molar-refractivity contribution is 9.10. The van der Waals surface area contributed by atoms with Crippen molar-refractivity contribution in [2.75, 3.05) is 32.1 Å². The Morgan fingerprint density at radius 1 is 1.19 bits per heavy atom. The molecule has 21 heavy (non-hydrogen) atoms.